The number of amides is 1. The third-order valence-electron chi connectivity index (χ3n) is 3.38. The lowest BCUT2D eigenvalue weighted by Gasteiger charge is -2.14. The number of thiazole rings is 1. The predicted octanol–water partition coefficient (Wildman–Crippen LogP) is 4.92. The van der Waals surface area contributed by atoms with Crippen LogP contribution in [-0.4, -0.2) is 21.9 Å². The van der Waals surface area contributed by atoms with Crippen LogP contribution in [0.2, 0.25) is 10.0 Å². The molecule has 0 bridgehead atoms. The van der Waals surface area contributed by atoms with E-state index in [1.165, 1.54) is 24.3 Å². The highest BCUT2D eigenvalue weighted by atomic mass is 35.5. The number of rotatable bonds is 5. The number of nitrogens with zero attached hydrogens (tertiary/aromatic N) is 2. The monoisotopic (exact) mass is 411 g/mol. The van der Waals surface area contributed by atoms with Gasteiger partial charge >= 0.3 is 0 Å². The maximum absolute atomic E-state index is 12.3. The van der Waals surface area contributed by atoms with Gasteiger partial charge < -0.3 is 4.74 Å². The number of carbonyl (C=O) groups excluding carboxylic acids is 1. The lowest BCUT2D eigenvalue weighted by molar-refractivity contribution is -0.384. The summed E-state index contributed by atoms with van der Waals surface area (Å²) in [5.74, 6) is -0.0942. The SMILES string of the molecule is C[C@@H](Oc1ccc(Cl)cc1Cl)C(=O)Nc1nc2ccc([N+](=O)[O-])cc2s1. The highest BCUT2D eigenvalue weighted by molar-refractivity contribution is 7.22. The molecule has 0 aliphatic rings. The minimum Gasteiger partial charge on any atom is -0.479 e. The van der Waals surface area contributed by atoms with Crippen LogP contribution in [0.1, 0.15) is 6.92 Å². The van der Waals surface area contributed by atoms with Crippen LogP contribution in [0.3, 0.4) is 0 Å². The van der Waals surface area contributed by atoms with Crippen LogP contribution in [0.15, 0.2) is 36.4 Å². The van der Waals surface area contributed by atoms with Gasteiger partial charge in [0.05, 0.1) is 20.2 Å². The Bertz CT molecular complexity index is 1010. The normalized spacial score (nSPS) is 12.0. The summed E-state index contributed by atoms with van der Waals surface area (Å²) in [6.45, 7) is 1.57. The van der Waals surface area contributed by atoms with Crippen LogP contribution in [0.5, 0.6) is 5.75 Å². The maximum Gasteiger partial charge on any atom is 0.270 e. The van der Waals surface area contributed by atoms with Gasteiger partial charge in [0.15, 0.2) is 11.2 Å². The molecule has 0 saturated carbocycles. The third-order valence-corrected chi connectivity index (χ3v) is 4.84. The Balaban J connectivity index is 1.72. The van der Waals surface area contributed by atoms with E-state index in [9.17, 15) is 14.9 Å². The van der Waals surface area contributed by atoms with Gasteiger partial charge in [-0.15, -0.1) is 0 Å². The molecule has 0 aliphatic heterocycles. The van der Waals surface area contributed by atoms with Crippen molar-refractivity contribution in [2.75, 3.05) is 5.32 Å². The number of hydrogen-bond acceptors (Lipinski definition) is 6. The van der Waals surface area contributed by atoms with Crippen molar-refractivity contribution in [3.63, 3.8) is 0 Å². The van der Waals surface area contributed by atoms with Gasteiger partial charge in [0, 0.05) is 17.2 Å². The highest BCUT2D eigenvalue weighted by Gasteiger charge is 2.18. The summed E-state index contributed by atoms with van der Waals surface area (Å²) in [5.41, 5.74) is 0.526. The van der Waals surface area contributed by atoms with Gasteiger partial charge in [-0.2, -0.15) is 0 Å². The maximum atomic E-state index is 12.3. The van der Waals surface area contributed by atoms with E-state index in [0.717, 1.165) is 11.3 Å². The van der Waals surface area contributed by atoms with Gasteiger partial charge in [0.25, 0.3) is 11.6 Å². The summed E-state index contributed by atoms with van der Waals surface area (Å²) >= 11 is 13.0. The van der Waals surface area contributed by atoms with Crippen molar-refractivity contribution in [3.05, 3.63) is 56.6 Å². The molecule has 0 aliphatic carbocycles. The second-order valence-electron chi connectivity index (χ2n) is 5.25. The largest absolute Gasteiger partial charge is 0.479 e. The van der Waals surface area contributed by atoms with Crippen molar-refractivity contribution >= 4 is 61.5 Å². The fourth-order valence-corrected chi connectivity index (χ4v) is 3.46. The molecule has 7 nitrogen and oxygen atoms in total. The first kappa shape index (κ1) is 18.4. The lowest BCUT2D eigenvalue weighted by atomic mass is 10.3. The van der Waals surface area contributed by atoms with E-state index in [1.807, 2.05) is 0 Å². The first-order chi connectivity index (χ1) is 12.3. The Morgan fingerprint density at radius 3 is 2.77 bits per heavy atom. The molecule has 1 amide bonds. The summed E-state index contributed by atoms with van der Waals surface area (Å²) in [6.07, 6.45) is -0.838. The summed E-state index contributed by atoms with van der Waals surface area (Å²) < 4.78 is 6.14. The average Bonchev–Trinajstić information content (AvgIpc) is 2.98. The van der Waals surface area contributed by atoms with E-state index in [0.29, 0.717) is 31.1 Å². The minimum absolute atomic E-state index is 0.0342. The molecule has 1 heterocycles. The highest BCUT2D eigenvalue weighted by Crippen LogP contribution is 2.30. The Hall–Kier alpha value is -2.42. The summed E-state index contributed by atoms with van der Waals surface area (Å²) in [4.78, 5) is 26.9. The van der Waals surface area contributed by atoms with Crippen LogP contribution in [0.25, 0.3) is 10.2 Å². The number of nitro benzene ring substituents is 1. The van der Waals surface area contributed by atoms with Gasteiger partial charge in [-0.25, -0.2) is 4.98 Å². The molecular weight excluding hydrogens is 401 g/mol. The molecule has 1 atom stereocenters. The molecule has 3 rings (SSSR count). The molecule has 1 aromatic heterocycles. The predicted molar refractivity (Wildman–Crippen MR) is 101 cm³/mol. The second-order valence-corrected chi connectivity index (χ2v) is 7.13. The quantitative estimate of drug-likeness (QED) is 0.474. The smallest absolute Gasteiger partial charge is 0.270 e. The van der Waals surface area contributed by atoms with Crippen LogP contribution < -0.4 is 10.1 Å². The number of nitro groups is 1. The molecule has 0 unspecified atom stereocenters. The molecule has 0 spiro atoms. The number of fused-ring (bicyclic) bond motifs is 1. The summed E-state index contributed by atoms with van der Waals surface area (Å²) in [5, 5.41) is 14.5. The van der Waals surface area contributed by atoms with Crippen LogP contribution in [0.4, 0.5) is 10.8 Å². The Kier molecular flexibility index (Phi) is 5.26. The Morgan fingerprint density at radius 1 is 1.31 bits per heavy atom. The topological polar surface area (TPSA) is 94.4 Å². The molecule has 26 heavy (non-hydrogen) atoms. The van der Waals surface area contributed by atoms with Crippen LogP contribution >= 0.6 is 34.5 Å². The van der Waals surface area contributed by atoms with Crippen LogP contribution in [0, 0.1) is 10.1 Å². The molecule has 0 saturated heterocycles. The fourth-order valence-electron chi connectivity index (χ4n) is 2.10. The standard InChI is InChI=1S/C16H11Cl2N3O4S/c1-8(25-13-5-2-9(17)6-11(13)18)15(22)20-16-19-12-4-3-10(21(23)24)7-14(12)26-16/h2-8H,1H3,(H,19,20,22)/t8-/m1/s1. The van der Waals surface area contributed by atoms with E-state index < -0.39 is 16.9 Å². The molecule has 10 heteroatoms. The number of carbonyl (C=O) groups is 1. The molecule has 1 N–H and O–H groups in total. The number of anilines is 1. The Labute approximate surface area is 161 Å². The van der Waals surface area contributed by atoms with E-state index in [2.05, 4.69) is 10.3 Å². The zero-order valence-electron chi connectivity index (χ0n) is 13.2. The molecule has 2 aromatic carbocycles. The summed E-state index contributed by atoms with van der Waals surface area (Å²) in [7, 11) is 0. The lowest BCUT2D eigenvalue weighted by Crippen LogP contribution is -2.30. The number of halogens is 2. The van der Waals surface area contributed by atoms with E-state index in [-0.39, 0.29) is 5.69 Å². The first-order valence-corrected chi connectivity index (χ1v) is 8.88. The van der Waals surface area contributed by atoms with Crippen molar-refractivity contribution in [2.24, 2.45) is 0 Å². The number of nitrogens with one attached hydrogen (secondary N) is 1. The van der Waals surface area contributed by atoms with Crippen molar-refractivity contribution in [3.8, 4) is 5.75 Å². The summed E-state index contributed by atoms with van der Waals surface area (Å²) in [6, 6.07) is 9.01. The molecule has 3 aromatic rings. The van der Waals surface area contributed by atoms with Gasteiger partial charge in [0.1, 0.15) is 5.75 Å². The van der Waals surface area contributed by atoms with Gasteiger partial charge in [-0.05, 0) is 31.2 Å². The zero-order valence-corrected chi connectivity index (χ0v) is 15.6. The van der Waals surface area contributed by atoms with E-state index in [1.54, 1.807) is 19.1 Å². The van der Waals surface area contributed by atoms with E-state index in [4.69, 9.17) is 27.9 Å². The van der Waals surface area contributed by atoms with Crippen molar-refractivity contribution in [1.82, 2.24) is 4.98 Å². The number of ether oxygens (including phenoxy) is 1. The second kappa shape index (κ2) is 7.45. The molecule has 134 valence electrons. The van der Waals surface area contributed by atoms with Crippen molar-refractivity contribution in [1.29, 1.82) is 0 Å². The number of non-ortho nitro benzene ring substituents is 1. The number of benzene rings is 2. The first-order valence-electron chi connectivity index (χ1n) is 7.31. The fraction of sp³-hybridized carbons (Fsp3) is 0.125. The molecular formula is C16H11Cl2N3O4S. The Morgan fingerprint density at radius 2 is 2.08 bits per heavy atom. The average molecular weight is 412 g/mol. The molecule has 0 fully saturated rings. The minimum atomic E-state index is -0.838. The number of hydrogen-bond donors (Lipinski definition) is 1. The van der Waals surface area contributed by atoms with E-state index >= 15 is 0 Å². The van der Waals surface area contributed by atoms with Gasteiger partial charge in [-0.1, -0.05) is 34.5 Å². The van der Waals surface area contributed by atoms with Crippen molar-refractivity contribution in [2.45, 2.75) is 13.0 Å². The van der Waals surface area contributed by atoms with Crippen molar-refractivity contribution < 1.29 is 14.5 Å². The third kappa shape index (κ3) is 4.04. The number of aromatic nitrogens is 1. The molecule has 0 radical (unpaired) electrons. The zero-order chi connectivity index (χ0) is 18.8. The van der Waals surface area contributed by atoms with Gasteiger partial charge in [-0.3, -0.25) is 20.2 Å². The van der Waals surface area contributed by atoms with Gasteiger partial charge in [0.2, 0.25) is 0 Å². The van der Waals surface area contributed by atoms with Crippen LogP contribution in [-0.2, 0) is 4.79 Å².